The van der Waals surface area contributed by atoms with Crippen LogP contribution in [0.1, 0.15) is 12.8 Å². The summed E-state index contributed by atoms with van der Waals surface area (Å²) in [5, 5.41) is 5.49. The second-order valence-corrected chi connectivity index (χ2v) is 4.10. The van der Waals surface area contributed by atoms with Crippen LogP contribution in [0.3, 0.4) is 0 Å². The fourth-order valence-electron chi connectivity index (χ4n) is 1.60. The number of nitrogens with one attached hydrogen (secondary N) is 3. The Bertz CT molecular complexity index is 624. The molecule has 1 aliphatic carbocycles. The van der Waals surface area contributed by atoms with Crippen LogP contribution in [0.4, 0.5) is 10.5 Å². The van der Waals surface area contributed by atoms with E-state index in [-0.39, 0.29) is 6.03 Å². The highest BCUT2D eigenvalue weighted by Crippen LogP contribution is 2.19. The summed E-state index contributed by atoms with van der Waals surface area (Å²) >= 11 is 0. The first-order valence-corrected chi connectivity index (χ1v) is 5.41. The fraction of sp³-hybridized carbons (Fsp3) is 0.273. The Morgan fingerprint density at radius 1 is 1.41 bits per heavy atom. The second-order valence-electron chi connectivity index (χ2n) is 4.10. The maximum atomic E-state index is 11.5. The van der Waals surface area contributed by atoms with Crippen molar-refractivity contribution in [3.8, 4) is 0 Å². The monoisotopic (exact) mass is 233 g/mol. The van der Waals surface area contributed by atoms with Gasteiger partial charge in [0.15, 0.2) is 5.58 Å². The number of amides is 2. The van der Waals surface area contributed by atoms with Crippen molar-refractivity contribution >= 4 is 22.8 Å². The van der Waals surface area contributed by atoms with Crippen LogP contribution in [-0.4, -0.2) is 17.1 Å². The van der Waals surface area contributed by atoms with Crippen LogP contribution in [-0.2, 0) is 0 Å². The summed E-state index contributed by atoms with van der Waals surface area (Å²) in [6, 6.07) is 5.08. The minimum Gasteiger partial charge on any atom is -0.408 e. The zero-order chi connectivity index (χ0) is 11.8. The van der Waals surface area contributed by atoms with Crippen LogP contribution >= 0.6 is 0 Å². The lowest BCUT2D eigenvalue weighted by Gasteiger charge is -2.05. The van der Waals surface area contributed by atoms with Crippen molar-refractivity contribution in [1.29, 1.82) is 0 Å². The van der Waals surface area contributed by atoms with Gasteiger partial charge in [-0.15, -0.1) is 0 Å². The number of urea groups is 1. The van der Waals surface area contributed by atoms with E-state index in [0.717, 1.165) is 12.8 Å². The molecule has 0 bridgehead atoms. The molecule has 6 nitrogen and oxygen atoms in total. The number of hydrogen-bond acceptors (Lipinski definition) is 3. The Hall–Kier alpha value is -2.24. The van der Waals surface area contributed by atoms with Crippen LogP contribution in [0.5, 0.6) is 0 Å². The molecule has 2 aromatic rings. The van der Waals surface area contributed by atoms with Gasteiger partial charge in [-0.3, -0.25) is 4.98 Å². The summed E-state index contributed by atoms with van der Waals surface area (Å²) in [6.07, 6.45) is 2.08. The standard InChI is InChI=1S/C11H11N3O3/c15-10(12-6-1-2-6)13-7-3-4-8-9(5-7)17-11(16)14-8/h3-6H,1-2H2,(H,14,16)(H2,12,13,15). The van der Waals surface area contributed by atoms with E-state index in [1.54, 1.807) is 18.2 Å². The zero-order valence-electron chi connectivity index (χ0n) is 8.95. The fourth-order valence-corrected chi connectivity index (χ4v) is 1.60. The first kappa shape index (κ1) is 9.95. The van der Waals surface area contributed by atoms with E-state index in [0.29, 0.717) is 22.8 Å². The lowest BCUT2D eigenvalue weighted by molar-refractivity contribution is 0.251. The minimum absolute atomic E-state index is 0.232. The molecule has 17 heavy (non-hydrogen) atoms. The van der Waals surface area contributed by atoms with Crippen LogP contribution < -0.4 is 16.4 Å². The molecule has 0 unspecified atom stereocenters. The highest BCUT2D eigenvalue weighted by molar-refractivity contribution is 5.91. The molecular weight excluding hydrogens is 222 g/mol. The molecule has 1 fully saturated rings. The van der Waals surface area contributed by atoms with E-state index in [1.807, 2.05) is 0 Å². The number of fused-ring (bicyclic) bond motifs is 1. The van der Waals surface area contributed by atoms with Crippen LogP contribution in [0.25, 0.3) is 11.1 Å². The number of carbonyl (C=O) groups excluding carboxylic acids is 1. The number of aromatic nitrogens is 1. The summed E-state index contributed by atoms with van der Waals surface area (Å²) in [6.45, 7) is 0. The van der Waals surface area contributed by atoms with Gasteiger partial charge < -0.3 is 15.1 Å². The molecule has 1 heterocycles. The van der Waals surface area contributed by atoms with E-state index in [1.165, 1.54) is 0 Å². The third-order valence-corrected chi connectivity index (χ3v) is 2.59. The van der Waals surface area contributed by atoms with Crippen LogP contribution in [0.15, 0.2) is 27.4 Å². The van der Waals surface area contributed by atoms with Gasteiger partial charge in [0, 0.05) is 17.8 Å². The highest BCUT2D eigenvalue weighted by Gasteiger charge is 2.23. The quantitative estimate of drug-likeness (QED) is 0.732. The molecule has 0 aliphatic heterocycles. The lowest BCUT2D eigenvalue weighted by atomic mass is 10.3. The van der Waals surface area contributed by atoms with Gasteiger partial charge in [0.05, 0.1) is 5.52 Å². The number of carbonyl (C=O) groups is 1. The van der Waals surface area contributed by atoms with Gasteiger partial charge in [0.1, 0.15) is 0 Å². The smallest absolute Gasteiger partial charge is 0.408 e. The molecule has 1 aromatic carbocycles. The van der Waals surface area contributed by atoms with E-state index in [4.69, 9.17) is 4.42 Å². The number of H-pyrrole nitrogens is 1. The predicted molar refractivity (Wildman–Crippen MR) is 62.0 cm³/mol. The molecule has 6 heteroatoms. The minimum atomic E-state index is -0.500. The van der Waals surface area contributed by atoms with Gasteiger partial charge in [-0.1, -0.05) is 0 Å². The predicted octanol–water partition coefficient (Wildman–Crippen LogP) is 1.40. The summed E-state index contributed by atoms with van der Waals surface area (Å²) in [4.78, 5) is 25.0. The van der Waals surface area contributed by atoms with Crippen molar-refractivity contribution < 1.29 is 9.21 Å². The summed E-state index contributed by atoms with van der Waals surface area (Å²) in [7, 11) is 0. The number of hydrogen-bond donors (Lipinski definition) is 3. The average molecular weight is 233 g/mol. The Balaban J connectivity index is 1.79. The summed E-state index contributed by atoms with van der Waals surface area (Å²) < 4.78 is 4.90. The summed E-state index contributed by atoms with van der Waals surface area (Å²) in [5.74, 6) is -0.500. The molecule has 2 amide bonds. The molecule has 1 aromatic heterocycles. The Kier molecular flexibility index (Phi) is 2.14. The van der Waals surface area contributed by atoms with Crippen molar-refractivity contribution in [1.82, 2.24) is 10.3 Å². The number of oxazole rings is 1. The average Bonchev–Trinajstić information content (AvgIpc) is 2.98. The van der Waals surface area contributed by atoms with Gasteiger partial charge in [0.2, 0.25) is 0 Å². The molecular formula is C11H11N3O3. The number of aromatic amines is 1. The third kappa shape index (κ3) is 2.15. The Labute approximate surface area is 96.0 Å². The number of anilines is 1. The molecule has 3 N–H and O–H groups in total. The number of benzene rings is 1. The van der Waals surface area contributed by atoms with Crippen molar-refractivity contribution in [2.75, 3.05) is 5.32 Å². The molecule has 0 atom stereocenters. The molecule has 88 valence electrons. The zero-order valence-corrected chi connectivity index (χ0v) is 8.95. The van der Waals surface area contributed by atoms with Gasteiger partial charge in [-0.25, -0.2) is 9.59 Å². The SMILES string of the molecule is O=C(Nc1ccc2[nH]c(=O)oc2c1)NC1CC1. The normalized spacial score (nSPS) is 14.8. The van der Waals surface area contributed by atoms with Gasteiger partial charge in [-0.05, 0) is 25.0 Å². The first-order chi connectivity index (χ1) is 8.20. The van der Waals surface area contributed by atoms with E-state index in [2.05, 4.69) is 15.6 Å². The van der Waals surface area contributed by atoms with Crippen molar-refractivity contribution in [2.24, 2.45) is 0 Å². The molecule has 1 saturated carbocycles. The summed E-state index contributed by atoms with van der Waals surface area (Å²) in [5.41, 5.74) is 1.64. The van der Waals surface area contributed by atoms with E-state index >= 15 is 0 Å². The van der Waals surface area contributed by atoms with Crippen molar-refractivity contribution in [3.63, 3.8) is 0 Å². The topological polar surface area (TPSA) is 87.1 Å². The maximum absolute atomic E-state index is 11.5. The van der Waals surface area contributed by atoms with Crippen LogP contribution in [0, 0.1) is 0 Å². The van der Waals surface area contributed by atoms with E-state index in [9.17, 15) is 9.59 Å². The van der Waals surface area contributed by atoms with Crippen molar-refractivity contribution in [2.45, 2.75) is 18.9 Å². The Morgan fingerprint density at radius 3 is 3.00 bits per heavy atom. The number of rotatable bonds is 2. The van der Waals surface area contributed by atoms with Crippen molar-refractivity contribution in [3.05, 3.63) is 28.7 Å². The maximum Gasteiger partial charge on any atom is 0.417 e. The molecule has 0 saturated heterocycles. The molecule has 0 radical (unpaired) electrons. The second kappa shape index (κ2) is 3.65. The largest absolute Gasteiger partial charge is 0.417 e. The third-order valence-electron chi connectivity index (χ3n) is 2.59. The van der Waals surface area contributed by atoms with Crippen LogP contribution in [0.2, 0.25) is 0 Å². The molecule has 3 rings (SSSR count). The highest BCUT2D eigenvalue weighted by atomic mass is 16.4. The van der Waals surface area contributed by atoms with Gasteiger partial charge in [-0.2, -0.15) is 0 Å². The molecule has 0 spiro atoms. The van der Waals surface area contributed by atoms with Gasteiger partial charge >= 0.3 is 11.8 Å². The van der Waals surface area contributed by atoms with E-state index < -0.39 is 5.76 Å². The first-order valence-electron chi connectivity index (χ1n) is 5.41. The molecule has 1 aliphatic rings. The lowest BCUT2D eigenvalue weighted by Crippen LogP contribution is -2.30. The van der Waals surface area contributed by atoms with Gasteiger partial charge in [0.25, 0.3) is 0 Å². The Morgan fingerprint density at radius 2 is 2.24 bits per heavy atom.